The number of nitrogens with two attached hydrogens (primary N) is 1. The number of hydroxylamine groups is 1. The number of rotatable bonds is 7. The first-order valence-corrected chi connectivity index (χ1v) is 10.3. The maximum absolute atomic E-state index is 12.7. The molecule has 166 valence electrons. The highest BCUT2D eigenvalue weighted by Gasteiger charge is 2.22. The molecule has 4 N–H and O–H groups in total. The Balaban J connectivity index is 1.85. The zero-order chi connectivity index (χ0) is 23.4. The van der Waals surface area contributed by atoms with Gasteiger partial charge in [0, 0.05) is 23.4 Å². The third kappa shape index (κ3) is 4.49. The van der Waals surface area contributed by atoms with Crippen LogP contribution < -0.4 is 16.0 Å². The molecule has 2 amide bonds. The lowest BCUT2D eigenvalue weighted by Crippen LogP contribution is -2.19. The van der Waals surface area contributed by atoms with Crippen molar-refractivity contribution in [1.82, 2.24) is 10.0 Å². The Labute approximate surface area is 191 Å². The number of hydrogen-bond donors (Lipinski definition) is 3. The summed E-state index contributed by atoms with van der Waals surface area (Å²) in [4.78, 5) is 24.3. The number of primary amides is 1. The van der Waals surface area contributed by atoms with Gasteiger partial charge in [-0.05, 0) is 47.0 Å². The average molecular weight is 441 g/mol. The highest BCUT2D eigenvalue weighted by molar-refractivity contribution is 6.00. The quantitative estimate of drug-likeness (QED) is 0.297. The summed E-state index contributed by atoms with van der Waals surface area (Å²) in [5, 5.41) is 8.83. The third-order valence-electron chi connectivity index (χ3n) is 5.46. The van der Waals surface area contributed by atoms with Gasteiger partial charge in [-0.1, -0.05) is 54.6 Å². The summed E-state index contributed by atoms with van der Waals surface area (Å²) >= 11 is 0. The van der Waals surface area contributed by atoms with Crippen molar-refractivity contribution in [3.8, 4) is 28.1 Å². The first-order chi connectivity index (χ1) is 16.0. The monoisotopic (exact) mass is 441 g/mol. The second-order valence-electron chi connectivity index (χ2n) is 7.47. The molecule has 4 aromatic rings. The van der Waals surface area contributed by atoms with E-state index >= 15 is 0 Å². The predicted molar refractivity (Wildman–Crippen MR) is 125 cm³/mol. The molecule has 0 fully saturated rings. The number of benzene rings is 3. The summed E-state index contributed by atoms with van der Waals surface area (Å²) in [5.41, 5.74) is 12.4. The number of ether oxygens (including phenoxy) is 1. The lowest BCUT2D eigenvalue weighted by molar-refractivity contribution is 0.0706. The van der Waals surface area contributed by atoms with Crippen LogP contribution in [0.15, 0.2) is 84.9 Å². The van der Waals surface area contributed by atoms with Gasteiger partial charge in [0.25, 0.3) is 11.8 Å². The Morgan fingerprint density at radius 2 is 1.61 bits per heavy atom. The summed E-state index contributed by atoms with van der Waals surface area (Å²) in [6.45, 7) is 0.361. The van der Waals surface area contributed by atoms with Crippen molar-refractivity contribution in [2.24, 2.45) is 5.73 Å². The SMILES string of the molecule is COc1ccc(-c2cc(-c3ccccc3)n(Cc3ccc(C(=O)NO)cc3)c2C(N)=O)cc1. The van der Waals surface area contributed by atoms with E-state index in [0.29, 0.717) is 23.6 Å². The van der Waals surface area contributed by atoms with Crippen molar-refractivity contribution < 1.29 is 19.5 Å². The van der Waals surface area contributed by atoms with Gasteiger partial charge in [0.05, 0.1) is 7.11 Å². The van der Waals surface area contributed by atoms with Crippen LogP contribution in [0.25, 0.3) is 22.4 Å². The largest absolute Gasteiger partial charge is 0.497 e. The molecule has 0 aliphatic rings. The van der Waals surface area contributed by atoms with Crippen molar-refractivity contribution in [3.63, 3.8) is 0 Å². The Hall–Kier alpha value is -4.36. The predicted octanol–water partition coefficient (Wildman–Crippen LogP) is 4.10. The second kappa shape index (κ2) is 9.42. The third-order valence-corrected chi connectivity index (χ3v) is 5.46. The normalized spacial score (nSPS) is 10.6. The molecular weight excluding hydrogens is 418 g/mol. The minimum absolute atomic E-state index is 0.325. The smallest absolute Gasteiger partial charge is 0.274 e. The molecule has 1 heterocycles. The van der Waals surface area contributed by atoms with Crippen LogP contribution in [0, 0.1) is 0 Å². The molecule has 0 aliphatic carbocycles. The standard InChI is InChI=1S/C26H23N3O4/c1-33-21-13-11-18(12-14-21)22-15-23(19-5-3-2-4-6-19)29(24(22)25(27)30)16-17-7-9-20(10-8-17)26(31)28-32/h2-15,32H,16H2,1H3,(H2,27,30)(H,28,31). The molecule has 0 bridgehead atoms. The zero-order valence-corrected chi connectivity index (χ0v) is 18.0. The van der Waals surface area contributed by atoms with Crippen LogP contribution in [0.4, 0.5) is 0 Å². The first kappa shape index (κ1) is 21.9. The first-order valence-electron chi connectivity index (χ1n) is 10.3. The summed E-state index contributed by atoms with van der Waals surface area (Å²) in [6, 6.07) is 25.9. The molecule has 33 heavy (non-hydrogen) atoms. The van der Waals surface area contributed by atoms with E-state index in [0.717, 1.165) is 27.9 Å². The van der Waals surface area contributed by atoms with E-state index in [9.17, 15) is 9.59 Å². The lowest BCUT2D eigenvalue weighted by Gasteiger charge is -2.14. The van der Waals surface area contributed by atoms with Crippen LogP contribution >= 0.6 is 0 Å². The van der Waals surface area contributed by atoms with Gasteiger partial charge in [-0.2, -0.15) is 0 Å². The van der Waals surface area contributed by atoms with E-state index < -0.39 is 11.8 Å². The zero-order valence-electron chi connectivity index (χ0n) is 18.0. The molecule has 4 rings (SSSR count). The maximum Gasteiger partial charge on any atom is 0.274 e. The number of hydrogen-bond acceptors (Lipinski definition) is 4. The van der Waals surface area contributed by atoms with Crippen molar-refractivity contribution >= 4 is 11.8 Å². The number of aromatic nitrogens is 1. The molecular formula is C26H23N3O4. The van der Waals surface area contributed by atoms with Crippen molar-refractivity contribution in [3.05, 3.63) is 102 Å². The van der Waals surface area contributed by atoms with Crippen LogP contribution in [0.2, 0.25) is 0 Å². The molecule has 0 saturated heterocycles. The highest BCUT2D eigenvalue weighted by atomic mass is 16.5. The molecule has 1 aromatic heterocycles. The fourth-order valence-electron chi connectivity index (χ4n) is 3.83. The van der Waals surface area contributed by atoms with Gasteiger partial charge in [0.2, 0.25) is 0 Å². The Morgan fingerprint density at radius 1 is 0.939 bits per heavy atom. The van der Waals surface area contributed by atoms with E-state index in [1.54, 1.807) is 36.9 Å². The van der Waals surface area contributed by atoms with Gasteiger partial charge in [-0.25, -0.2) is 5.48 Å². The van der Waals surface area contributed by atoms with E-state index in [1.807, 2.05) is 65.2 Å². The molecule has 0 saturated carbocycles. The summed E-state index contributed by atoms with van der Waals surface area (Å²) in [6.07, 6.45) is 0. The van der Waals surface area contributed by atoms with Gasteiger partial charge >= 0.3 is 0 Å². The van der Waals surface area contributed by atoms with Gasteiger partial charge in [-0.15, -0.1) is 0 Å². The lowest BCUT2D eigenvalue weighted by atomic mass is 10.0. The van der Waals surface area contributed by atoms with E-state index in [-0.39, 0.29) is 0 Å². The number of nitrogens with zero attached hydrogens (tertiary/aromatic N) is 1. The van der Waals surface area contributed by atoms with Crippen LogP contribution in [-0.2, 0) is 6.54 Å². The topological polar surface area (TPSA) is 107 Å². The fourth-order valence-corrected chi connectivity index (χ4v) is 3.83. The molecule has 0 atom stereocenters. The van der Waals surface area contributed by atoms with Crippen LogP contribution in [0.3, 0.4) is 0 Å². The minimum atomic E-state index is -0.591. The maximum atomic E-state index is 12.7. The van der Waals surface area contributed by atoms with Crippen molar-refractivity contribution in [2.75, 3.05) is 7.11 Å². The van der Waals surface area contributed by atoms with Gasteiger partial charge in [0.1, 0.15) is 11.4 Å². The number of methoxy groups -OCH3 is 1. The Kier molecular flexibility index (Phi) is 6.24. The van der Waals surface area contributed by atoms with Crippen molar-refractivity contribution in [2.45, 2.75) is 6.54 Å². The summed E-state index contributed by atoms with van der Waals surface area (Å²) in [5.74, 6) is -0.416. The van der Waals surface area contributed by atoms with Gasteiger partial charge in [-0.3, -0.25) is 14.8 Å². The molecule has 7 heteroatoms. The second-order valence-corrected chi connectivity index (χ2v) is 7.47. The summed E-state index contributed by atoms with van der Waals surface area (Å²) < 4.78 is 7.14. The van der Waals surface area contributed by atoms with E-state index in [1.165, 1.54) is 0 Å². The molecule has 3 aromatic carbocycles. The van der Waals surface area contributed by atoms with Crippen LogP contribution in [-0.4, -0.2) is 28.7 Å². The number of carbonyl (C=O) groups excluding carboxylic acids is 2. The molecule has 0 aliphatic heterocycles. The Morgan fingerprint density at radius 3 is 2.18 bits per heavy atom. The van der Waals surface area contributed by atoms with Crippen molar-refractivity contribution in [1.29, 1.82) is 0 Å². The summed E-state index contributed by atoms with van der Waals surface area (Å²) in [7, 11) is 1.60. The van der Waals surface area contributed by atoms with Gasteiger partial charge in [0.15, 0.2) is 0 Å². The van der Waals surface area contributed by atoms with Gasteiger partial charge < -0.3 is 15.0 Å². The van der Waals surface area contributed by atoms with Crippen LogP contribution in [0.5, 0.6) is 5.75 Å². The van der Waals surface area contributed by atoms with E-state index in [4.69, 9.17) is 15.7 Å². The van der Waals surface area contributed by atoms with Crippen LogP contribution in [0.1, 0.15) is 26.4 Å². The average Bonchev–Trinajstić information content (AvgIpc) is 3.24. The number of nitrogens with one attached hydrogen (secondary N) is 1. The molecule has 0 unspecified atom stereocenters. The number of amides is 2. The minimum Gasteiger partial charge on any atom is -0.497 e. The molecule has 0 radical (unpaired) electrons. The Bertz CT molecular complexity index is 1280. The van der Waals surface area contributed by atoms with E-state index in [2.05, 4.69) is 0 Å². The highest BCUT2D eigenvalue weighted by Crippen LogP contribution is 2.34. The molecule has 0 spiro atoms. The molecule has 7 nitrogen and oxygen atoms in total. The fraction of sp³-hybridized carbons (Fsp3) is 0.0769. The number of carbonyl (C=O) groups is 2.